The highest BCUT2D eigenvalue weighted by Crippen LogP contribution is 2.43. The predicted octanol–water partition coefficient (Wildman–Crippen LogP) is 3.86. The molecule has 1 fully saturated rings. The Labute approximate surface area is 138 Å². The molecule has 2 aliphatic rings. The van der Waals surface area contributed by atoms with Gasteiger partial charge in [-0.05, 0) is 48.2 Å². The van der Waals surface area contributed by atoms with Crippen LogP contribution >= 0.6 is 11.8 Å². The van der Waals surface area contributed by atoms with Crippen LogP contribution in [0.15, 0.2) is 48.5 Å². The largest absolute Gasteiger partial charge is 0.457 e. The van der Waals surface area contributed by atoms with Crippen LogP contribution < -0.4 is 10.1 Å². The minimum Gasteiger partial charge on any atom is -0.457 e. The number of rotatable bonds is 3. The van der Waals surface area contributed by atoms with Crippen LogP contribution in [0.3, 0.4) is 0 Å². The second kappa shape index (κ2) is 5.74. The van der Waals surface area contributed by atoms with E-state index in [0.717, 1.165) is 41.7 Å². The SMILES string of the molecule is O=C1NC(=O)C([C@@H]2CCc3cc(Oc4ccccc4)ccc32)S1. The van der Waals surface area contributed by atoms with Crippen molar-refractivity contribution in [3.63, 3.8) is 0 Å². The van der Waals surface area contributed by atoms with E-state index in [4.69, 9.17) is 4.74 Å². The molecule has 2 aromatic rings. The van der Waals surface area contributed by atoms with Crippen LogP contribution in [0.1, 0.15) is 23.5 Å². The van der Waals surface area contributed by atoms with Gasteiger partial charge in [0.05, 0.1) is 0 Å². The quantitative estimate of drug-likeness (QED) is 0.931. The maximum absolute atomic E-state index is 11.9. The van der Waals surface area contributed by atoms with E-state index in [0.29, 0.717) is 0 Å². The molecule has 5 heteroatoms. The van der Waals surface area contributed by atoms with Crippen molar-refractivity contribution in [3.05, 3.63) is 59.7 Å². The van der Waals surface area contributed by atoms with Crippen molar-refractivity contribution in [3.8, 4) is 11.5 Å². The van der Waals surface area contributed by atoms with Crippen molar-refractivity contribution in [1.29, 1.82) is 0 Å². The van der Waals surface area contributed by atoms with E-state index in [9.17, 15) is 9.59 Å². The number of hydrogen-bond donors (Lipinski definition) is 1. The highest BCUT2D eigenvalue weighted by atomic mass is 32.2. The van der Waals surface area contributed by atoms with Crippen LogP contribution in [-0.4, -0.2) is 16.4 Å². The minimum atomic E-state index is -0.301. The molecule has 0 radical (unpaired) electrons. The first-order valence-electron chi connectivity index (χ1n) is 7.58. The monoisotopic (exact) mass is 325 g/mol. The molecule has 1 unspecified atom stereocenters. The predicted molar refractivity (Wildman–Crippen MR) is 88.9 cm³/mol. The molecule has 1 aliphatic heterocycles. The van der Waals surface area contributed by atoms with Crippen molar-refractivity contribution >= 4 is 22.9 Å². The third-order valence-corrected chi connectivity index (χ3v) is 5.41. The summed E-state index contributed by atoms with van der Waals surface area (Å²) in [7, 11) is 0. The topological polar surface area (TPSA) is 55.4 Å². The van der Waals surface area contributed by atoms with Gasteiger partial charge in [0.15, 0.2) is 0 Å². The lowest BCUT2D eigenvalue weighted by Crippen LogP contribution is -2.27. The van der Waals surface area contributed by atoms with Crippen molar-refractivity contribution in [2.24, 2.45) is 0 Å². The fourth-order valence-electron chi connectivity index (χ4n) is 3.26. The van der Waals surface area contributed by atoms with Crippen LogP contribution in [0.2, 0.25) is 0 Å². The maximum atomic E-state index is 11.9. The number of carbonyl (C=O) groups excluding carboxylic acids is 2. The lowest BCUT2D eigenvalue weighted by atomic mass is 9.97. The van der Waals surface area contributed by atoms with Gasteiger partial charge in [-0.1, -0.05) is 36.0 Å². The fourth-order valence-corrected chi connectivity index (χ4v) is 4.27. The third-order valence-electron chi connectivity index (χ3n) is 4.30. The molecule has 1 saturated heterocycles. The van der Waals surface area contributed by atoms with Crippen molar-refractivity contribution in [2.75, 3.05) is 0 Å². The number of fused-ring (bicyclic) bond motifs is 1. The van der Waals surface area contributed by atoms with Crippen molar-refractivity contribution in [2.45, 2.75) is 24.0 Å². The zero-order valence-electron chi connectivity index (χ0n) is 12.3. The summed E-state index contributed by atoms with van der Waals surface area (Å²) in [6.07, 6.45) is 1.80. The standard InChI is InChI=1S/C18H15NO3S/c20-17-16(23-18(21)19-17)15-8-6-11-10-13(7-9-14(11)15)22-12-4-2-1-3-5-12/h1-5,7,9-10,15-16H,6,8H2,(H,19,20,21)/t15-,16?/m1/s1. The molecule has 1 aliphatic carbocycles. The number of amides is 2. The van der Waals surface area contributed by atoms with Gasteiger partial charge in [0, 0.05) is 5.92 Å². The van der Waals surface area contributed by atoms with Crippen LogP contribution in [0.5, 0.6) is 11.5 Å². The van der Waals surface area contributed by atoms with Gasteiger partial charge >= 0.3 is 0 Å². The number of para-hydroxylation sites is 1. The molecule has 1 heterocycles. The Hall–Kier alpha value is -2.27. The molecule has 0 aromatic heterocycles. The lowest BCUT2D eigenvalue weighted by molar-refractivity contribution is -0.119. The Morgan fingerprint density at radius 3 is 2.61 bits per heavy atom. The van der Waals surface area contributed by atoms with Crippen molar-refractivity contribution in [1.82, 2.24) is 5.32 Å². The first-order chi connectivity index (χ1) is 11.2. The number of nitrogens with one attached hydrogen (secondary N) is 1. The zero-order valence-corrected chi connectivity index (χ0v) is 13.1. The number of imide groups is 1. The Balaban J connectivity index is 1.57. The summed E-state index contributed by atoms with van der Waals surface area (Å²) in [5, 5.41) is 1.84. The molecule has 116 valence electrons. The van der Waals surface area contributed by atoms with Gasteiger partial charge in [-0.15, -0.1) is 0 Å². The highest BCUT2D eigenvalue weighted by Gasteiger charge is 2.41. The van der Waals surface area contributed by atoms with Gasteiger partial charge in [0.1, 0.15) is 16.7 Å². The van der Waals surface area contributed by atoms with E-state index in [1.807, 2.05) is 48.5 Å². The Kier molecular flexibility index (Phi) is 3.58. The molecular formula is C18H15NO3S. The lowest BCUT2D eigenvalue weighted by Gasteiger charge is -2.16. The summed E-state index contributed by atoms with van der Waals surface area (Å²) < 4.78 is 5.86. The van der Waals surface area contributed by atoms with Crippen LogP contribution in [0.4, 0.5) is 4.79 Å². The molecule has 23 heavy (non-hydrogen) atoms. The van der Waals surface area contributed by atoms with Gasteiger partial charge in [-0.3, -0.25) is 14.9 Å². The summed E-state index contributed by atoms with van der Waals surface area (Å²) >= 11 is 1.11. The summed E-state index contributed by atoms with van der Waals surface area (Å²) in [5.41, 5.74) is 2.36. The number of aryl methyl sites for hydroxylation is 1. The van der Waals surface area contributed by atoms with Gasteiger partial charge < -0.3 is 4.74 Å². The Bertz CT molecular complexity index is 775. The van der Waals surface area contributed by atoms with E-state index in [1.165, 1.54) is 5.56 Å². The highest BCUT2D eigenvalue weighted by molar-refractivity contribution is 8.15. The van der Waals surface area contributed by atoms with E-state index >= 15 is 0 Å². The van der Waals surface area contributed by atoms with Crippen molar-refractivity contribution < 1.29 is 14.3 Å². The summed E-state index contributed by atoms with van der Waals surface area (Å²) in [6.45, 7) is 0. The first-order valence-corrected chi connectivity index (χ1v) is 8.46. The Morgan fingerprint density at radius 1 is 1.04 bits per heavy atom. The zero-order chi connectivity index (χ0) is 15.8. The smallest absolute Gasteiger partial charge is 0.286 e. The minimum absolute atomic E-state index is 0.104. The van der Waals surface area contributed by atoms with E-state index in [1.54, 1.807) is 0 Å². The molecule has 4 nitrogen and oxygen atoms in total. The van der Waals surface area contributed by atoms with Crippen LogP contribution in [0.25, 0.3) is 0 Å². The summed E-state index contributed by atoms with van der Waals surface area (Å²) in [4.78, 5) is 23.3. The van der Waals surface area contributed by atoms with E-state index in [2.05, 4.69) is 5.32 Å². The summed E-state index contributed by atoms with van der Waals surface area (Å²) in [6, 6.07) is 15.7. The van der Waals surface area contributed by atoms with Crippen LogP contribution in [-0.2, 0) is 11.2 Å². The third kappa shape index (κ3) is 2.72. The Morgan fingerprint density at radius 2 is 1.87 bits per heavy atom. The van der Waals surface area contributed by atoms with Crippen LogP contribution in [0, 0.1) is 0 Å². The van der Waals surface area contributed by atoms with Gasteiger partial charge in [-0.25, -0.2) is 0 Å². The molecule has 2 atom stereocenters. The molecule has 0 bridgehead atoms. The molecule has 2 aromatic carbocycles. The number of carbonyl (C=O) groups is 2. The number of benzene rings is 2. The van der Waals surface area contributed by atoms with Gasteiger partial charge in [-0.2, -0.15) is 0 Å². The van der Waals surface area contributed by atoms with Gasteiger partial charge in [0.25, 0.3) is 5.24 Å². The average molecular weight is 325 g/mol. The normalized spacial score (nSPS) is 22.8. The average Bonchev–Trinajstić information content (AvgIpc) is 3.10. The van der Waals surface area contributed by atoms with E-state index in [-0.39, 0.29) is 22.3 Å². The maximum Gasteiger partial charge on any atom is 0.286 e. The number of thioether (sulfide) groups is 1. The second-order valence-electron chi connectivity index (χ2n) is 5.74. The molecule has 0 saturated carbocycles. The molecular weight excluding hydrogens is 310 g/mol. The number of ether oxygens (including phenoxy) is 1. The summed E-state index contributed by atoms with van der Waals surface area (Å²) in [5.74, 6) is 1.54. The molecule has 1 N–H and O–H groups in total. The molecule has 4 rings (SSSR count). The molecule has 0 spiro atoms. The number of hydrogen-bond acceptors (Lipinski definition) is 4. The van der Waals surface area contributed by atoms with E-state index < -0.39 is 0 Å². The molecule has 2 amide bonds. The first kappa shape index (κ1) is 14.3. The fraction of sp³-hybridized carbons (Fsp3) is 0.222. The second-order valence-corrected chi connectivity index (χ2v) is 6.85. The van der Waals surface area contributed by atoms with Gasteiger partial charge in [0.2, 0.25) is 5.91 Å².